The summed E-state index contributed by atoms with van der Waals surface area (Å²) in [5.74, 6) is -2.49. The molecule has 0 aliphatic heterocycles. The molecule has 7 heteroatoms. The van der Waals surface area contributed by atoms with E-state index in [2.05, 4.69) is 4.98 Å². The van der Waals surface area contributed by atoms with Gasteiger partial charge in [-0.25, -0.2) is 9.59 Å². The number of aliphatic carboxylic acids is 2. The molecule has 7 nitrogen and oxygen atoms in total. The fraction of sp³-hybridized carbons (Fsp3) is 0.111. The van der Waals surface area contributed by atoms with Gasteiger partial charge in [0.1, 0.15) is 0 Å². The second kappa shape index (κ2) is 9.61. The number of aromatic nitrogens is 1. The van der Waals surface area contributed by atoms with Gasteiger partial charge in [0.2, 0.25) is 0 Å². The Morgan fingerprint density at radius 2 is 1.28 bits per heavy atom. The van der Waals surface area contributed by atoms with E-state index in [1.807, 2.05) is 43.3 Å². The van der Waals surface area contributed by atoms with E-state index in [0.29, 0.717) is 23.3 Å². The van der Waals surface area contributed by atoms with E-state index in [4.69, 9.17) is 10.2 Å². The van der Waals surface area contributed by atoms with E-state index in [1.54, 1.807) is 24.5 Å². The molecule has 0 fully saturated rings. The molecule has 25 heavy (non-hydrogen) atoms. The lowest BCUT2D eigenvalue weighted by Crippen LogP contribution is -2.09. The van der Waals surface area contributed by atoms with Gasteiger partial charge in [-0.3, -0.25) is 9.78 Å². The third-order valence-corrected chi connectivity index (χ3v) is 2.96. The maximum absolute atomic E-state index is 12.1. The van der Waals surface area contributed by atoms with Crippen LogP contribution in [0.5, 0.6) is 0 Å². The Balaban J connectivity index is 0.000000333. The Kier molecular flexibility index (Phi) is 7.52. The third-order valence-electron chi connectivity index (χ3n) is 2.96. The molecule has 0 aliphatic rings. The molecular weight excluding hydrogens is 324 g/mol. The van der Waals surface area contributed by atoms with Gasteiger partial charge in [0.15, 0.2) is 5.78 Å². The molecule has 0 saturated carbocycles. The first kappa shape index (κ1) is 19.6. The lowest BCUT2D eigenvalue weighted by atomic mass is 10.0. The van der Waals surface area contributed by atoms with Crippen LogP contribution >= 0.6 is 0 Å². The molecule has 1 aromatic carbocycles. The molecule has 2 N–H and O–H groups in total. The average molecular weight is 342 g/mol. The van der Waals surface area contributed by atoms with Gasteiger partial charge in [-0.1, -0.05) is 0 Å². The molecule has 0 saturated heterocycles. The number of hydrogen-bond acceptors (Lipinski definition) is 5. The summed E-state index contributed by atoms with van der Waals surface area (Å²) >= 11 is 0. The monoisotopic (exact) mass is 342 g/mol. The van der Waals surface area contributed by atoms with E-state index < -0.39 is 11.9 Å². The molecule has 2 aromatic rings. The number of ketones is 1. The highest BCUT2D eigenvalue weighted by Gasteiger charge is 2.08. The number of hydrogen-bond donors (Lipinski definition) is 2. The smallest absolute Gasteiger partial charge is 0.328 e. The molecule has 0 unspecified atom stereocenters. The van der Waals surface area contributed by atoms with Crippen LogP contribution in [0, 0.1) is 0 Å². The van der Waals surface area contributed by atoms with Crippen molar-refractivity contribution >= 4 is 23.4 Å². The molecule has 0 atom stereocenters. The summed E-state index contributed by atoms with van der Waals surface area (Å²) in [5.41, 5.74) is 2.44. The second-order valence-electron chi connectivity index (χ2n) is 5.02. The van der Waals surface area contributed by atoms with Crippen LogP contribution in [0.15, 0.2) is 60.9 Å². The van der Waals surface area contributed by atoms with E-state index in [-0.39, 0.29) is 5.78 Å². The van der Waals surface area contributed by atoms with Crippen molar-refractivity contribution in [2.75, 3.05) is 19.0 Å². The number of carbonyl (C=O) groups excluding carboxylic acids is 1. The zero-order valence-corrected chi connectivity index (χ0v) is 13.8. The van der Waals surface area contributed by atoms with Crippen molar-refractivity contribution in [2.24, 2.45) is 0 Å². The summed E-state index contributed by atoms with van der Waals surface area (Å²) in [6.45, 7) is 0. The summed E-state index contributed by atoms with van der Waals surface area (Å²) in [7, 11) is 3.94. The van der Waals surface area contributed by atoms with Crippen LogP contribution in [-0.2, 0) is 9.59 Å². The van der Waals surface area contributed by atoms with Crippen LogP contribution in [0.3, 0.4) is 0 Å². The summed E-state index contributed by atoms with van der Waals surface area (Å²) in [4.78, 5) is 37.1. The van der Waals surface area contributed by atoms with E-state index in [9.17, 15) is 14.4 Å². The zero-order chi connectivity index (χ0) is 18.8. The second-order valence-corrected chi connectivity index (χ2v) is 5.02. The van der Waals surface area contributed by atoms with Crippen molar-refractivity contribution in [3.63, 3.8) is 0 Å². The van der Waals surface area contributed by atoms with Crippen LogP contribution in [0.4, 0.5) is 5.69 Å². The third kappa shape index (κ3) is 7.08. The minimum Gasteiger partial charge on any atom is -0.478 e. The number of benzene rings is 1. The number of anilines is 1. The average Bonchev–Trinajstić information content (AvgIpc) is 2.60. The number of rotatable bonds is 5. The molecule has 2 rings (SSSR count). The quantitative estimate of drug-likeness (QED) is 0.632. The zero-order valence-electron chi connectivity index (χ0n) is 13.8. The van der Waals surface area contributed by atoms with Crippen LogP contribution < -0.4 is 4.90 Å². The highest BCUT2D eigenvalue weighted by atomic mass is 16.4. The van der Waals surface area contributed by atoms with Crippen molar-refractivity contribution in [3.05, 3.63) is 72.1 Å². The van der Waals surface area contributed by atoms with Gasteiger partial charge in [0.05, 0.1) is 0 Å². The molecule has 0 radical (unpaired) electrons. The predicted molar refractivity (Wildman–Crippen MR) is 92.9 cm³/mol. The fourth-order valence-electron chi connectivity index (χ4n) is 1.72. The first-order valence-corrected chi connectivity index (χ1v) is 7.17. The van der Waals surface area contributed by atoms with Crippen molar-refractivity contribution in [3.8, 4) is 0 Å². The summed E-state index contributed by atoms with van der Waals surface area (Å²) < 4.78 is 0. The minimum atomic E-state index is -1.26. The molecule has 0 amide bonds. The van der Waals surface area contributed by atoms with Crippen LogP contribution in [-0.4, -0.2) is 47.0 Å². The highest BCUT2D eigenvalue weighted by molar-refractivity contribution is 6.09. The van der Waals surface area contributed by atoms with Crippen molar-refractivity contribution in [1.29, 1.82) is 0 Å². The van der Waals surface area contributed by atoms with Crippen LogP contribution in [0.2, 0.25) is 0 Å². The summed E-state index contributed by atoms with van der Waals surface area (Å²) in [6, 6.07) is 11.0. The van der Waals surface area contributed by atoms with Gasteiger partial charge in [-0.05, 0) is 36.4 Å². The van der Waals surface area contributed by atoms with E-state index >= 15 is 0 Å². The maximum Gasteiger partial charge on any atom is 0.328 e. The largest absolute Gasteiger partial charge is 0.478 e. The lowest BCUT2D eigenvalue weighted by Gasteiger charge is -2.12. The van der Waals surface area contributed by atoms with Crippen LogP contribution in [0.1, 0.15) is 15.9 Å². The summed E-state index contributed by atoms with van der Waals surface area (Å²) in [5, 5.41) is 15.6. The molecule has 1 aromatic heterocycles. The van der Waals surface area contributed by atoms with Crippen molar-refractivity contribution in [1.82, 2.24) is 4.98 Å². The van der Waals surface area contributed by atoms with Gasteiger partial charge in [-0.15, -0.1) is 0 Å². The highest BCUT2D eigenvalue weighted by Crippen LogP contribution is 2.15. The SMILES string of the molecule is CN(C)c1ccc(C(=O)c2ccncc2)cc1.O=C(O)/C=C/C(=O)O. The first-order valence-electron chi connectivity index (χ1n) is 7.17. The van der Waals surface area contributed by atoms with E-state index in [0.717, 1.165) is 5.69 Å². The molecule has 0 spiro atoms. The number of carboxylic acids is 2. The number of carboxylic acid groups (broad SMARTS) is 2. The van der Waals surface area contributed by atoms with Crippen LogP contribution in [0.25, 0.3) is 0 Å². The molecule has 1 heterocycles. The molecule has 0 bridgehead atoms. The standard InChI is InChI=1S/C14H14N2O.C4H4O4/c1-16(2)13-5-3-11(4-6-13)14(17)12-7-9-15-10-8-12;5-3(6)1-2-4(7)8/h3-10H,1-2H3;1-2H,(H,5,6)(H,7,8)/b;2-1+. The first-order chi connectivity index (χ1) is 11.8. The molecular formula is C18H18N2O5. The molecule has 130 valence electrons. The van der Waals surface area contributed by atoms with Gasteiger partial charge in [0.25, 0.3) is 0 Å². The van der Waals surface area contributed by atoms with Gasteiger partial charge < -0.3 is 15.1 Å². The topological polar surface area (TPSA) is 108 Å². The number of carbonyl (C=O) groups is 3. The van der Waals surface area contributed by atoms with Crippen molar-refractivity contribution < 1.29 is 24.6 Å². The number of nitrogens with zero attached hydrogens (tertiary/aromatic N) is 2. The Morgan fingerprint density at radius 3 is 1.68 bits per heavy atom. The Hall–Kier alpha value is -3.48. The Labute approximate surface area is 144 Å². The Bertz CT molecular complexity index is 737. The van der Waals surface area contributed by atoms with Gasteiger partial charge in [-0.2, -0.15) is 0 Å². The summed E-state index contributed by atoms with van der Waals surface area (Å²) in [6.07, 6.45) is 4.37. The predicted octanol–water partition coefficient (Wildman–Crippen LogP) is 2.09. The van der Waals surface area contributed by atoms with Gasteiger partial charge >= 0.3 is 11.9 Å². The lowest BCUT2D eigenvalue weighted by molar-refractivity contribution is -0.134. The minimum absolute atomic E-state index is 0.0257. The Morgan fingerprint density at radius 1 is 0.840 bits per heavy atom. The fourth-order valence-corrected chi connectivity index (χ4v) is 1.72. The van der Waals surface area contributed by atoms with E-state index in [1.165, 1.54) is 0 Å². The maximum atomic E-state index is 12.1. The molecule has 0 aliphatic carbocycles. The van der Waals surface area contributed by atoms with Crippen molar-refractivity contribution in [2.45, 2.75) is 0 Å². The normalized spacial score (nSPS) is 9.84. The van der Waals surface area contributed by atoms with Gasteiger partial charge in [0, 0.05) is 55.5 Å². The number of pyridine rings is 1.